The molecule has 1 rings (SSSR count). The fraction of sp³-hybridized carbons (Fsp3) is 0.500. The standard InChI is InChI=1S/C10H16N4O4/c1-10(18,9(16)17)5-12-8(15)7-4-14(3-2-11)6-13-7/h4,6,18H,2-3,5,11H2,1H3,(H,12,15)(H,16,17). The fourth-order valence-electron chi connectivity index (χ4n) is 1.17. The fourth-order valence-corrected chi connectivity index (χ4v) is 1.17. The molecule has 1 unspecified atom stereocenters. The number of nitrogens with zero attached hydrogens (tertiary/aromatic N) is 2. The lowest BCUT2D eigenvalue weighted by Crippen LogP contribution is -2.46. The Morgan fingerprint density at radius 1 is 1.61 bits per heavy atom. The van der Waals surface area contributed by atoms with Crippen molar-refractivity contribution in [2.45, 2.75) is 19.1 Å². The van der Waals surface area contributed by atoms with E-state index in [4.69, 9.17) is 10.8 Å². The third-order valence-corrected chi connectivity index (χ3v) is 2.31. The number of carboxylic acid groups (broad SMARTS) is 1. The first-order chi connectivity index (χ1) is 8.36. The lowest BCUT2D eigenvalue weighted by atomic mass is 10.1. The summed E-state index contributed by atoms with van der Waals surface area (Å²) in [6.07, 6.45) is 2.95. The van der Waals surface area contributed by atoms with Gasteiger partial charge in [0.25, 0.3) is 5.91 Å². The summed E-state index contributed by atoms with van der Waals surface area (Å²) in [6.45, 7) is 1.66. The second kappa shape index (κ2) is 5.61. The summed E-state index contributed by atoms with van der Waals surface area (Å²) in [5, 5.41) is 20.4. The molecule has 0 aliphatic rings. The Bertz CT molecular complexity index is 441. The molecule has 0 saturated carbocycles. The summed E-state index contributed by atoms with van der Waals surface area (Å²) < 4.78 is 1.64. The van der Waals surface area contributed by atoms with Crippen LogP contribution >= 0.6 is 0 Å². The van der Waals surface area contributed by atoms with Crippen molar-refractivity contribution in [2.75, 3.05) is 13.1 Å². The molecule has 0 aromatic carbocycles. The highest BCUT2D eigenvalue weighted by atomic mass is 16.4. The van der Waals surface area contributed by atoms with Crippen molar-refractivity contribution < 1.29 is 19.8 Å². The summed E-state index contributed by atoms with van der Waals surface area (Å²) in [7, 11) is 0. The molecule has 1 aromatic heterocycles. The maximum Gasteiger partial charge on any atom is 0.337 e. The van der Waals surface area contributed by atoms with Crippen molar-refractivity contribution in [3.8, 4) is 0 Å². The molecule has 0 fully saturated rings. The highest BCUT2D eigenvalue weighted by Gasteiger charge is 2.30. The van der Waals surface area contributed by atoms with Crippen LogP contribution in [0.4, 0.5) is 0 Å². The Labute approximate surface area is 103 Å². The second-order valence-corrected chi connectivity index (χ2v) is 4.05. The zero-order valence-electron chi connectivity index (χ0n) is 9.96. The smallest absolute Gasteiger partial charge is 0.337 e. The van der Waals surface area contributed by atoms with Crippen LogP contribution in [0.1, 0.15) is 17.4 Å². The SMILES string of the molecule is CC(O)(CNC(=O)c1cn(CCN)cn1)C(=O)O. The van der Waals surface area contributed by atoms with Gasteiger partial charge >= 0.3 is 5.97 Å². The predicted octanol–water partition coefficient (Wildman–Crippen LogP) is -1.59. The van der Waals surface area contributed by atoms with Crippen LogP contribution in [0, 0.1) is 0 Å². The van der Waals surface area contributed by atoms with Gasteiger partial charge in [0.2, 0.25) is 0 Å². The first kappa shape index (κ1) is 14.1. The monoisotopic (exact) mass is 256 g/mol. The van der Waals surface area contributed by atoms with Crippen LogP contribution in [0.5, 0.6) is 0 Å². The number of carbonyl (C=O) groups excluding carboxylic acids is 1. The average molecular weight is 256 g/mol. The van der Waals surface area contributed by atoms with Gasteiger partial charge in [0.1, 0.15) is 5.69 Å². The molecule has 0 spiro atoms. The first-order valence-electron chi connectivity index (χ1n) is 5.32. The Morgan fingerprint density at radius 2 is 2.28 bits per heavy atom. The van der Waals surface area contributed by atoms with Crippen LogP contribution in [0.25, 0.3) is 0 Å². The number of carboxylic acids is 1. The summed E-state index contributed by atoms with van der Waals surface area (Å²) in [4.78, 5) is 26.1. The van der Waals surface area contributed by atoms with Crippen LogP contribution in [0.3, 0.4) is 0 Å². The molecule has 1 atom stereocenters. The molecule has 0 saturated heterocycles. The van der Waals surface area contributed by atoms with Crippen molar-refractivity contribution in [3.05, 3.63) is 18.2 Å². The molecule has 0 aliphatic heterocycles. The lowest BCUT2D eigenvalue weighted by molar-refractivity contribution is -0.155. The molecule has 1 heterocycles. The minimum absolute atomic E-state index is 0.143. The number of amides is 1. The summed E-state index contributed by atoms with van der Waals surface area (Å²) in [6, 6.07) is 0. The predicted molar refractivity (Wildman–Crippen MR) is 61.9 cm³/mol. The zero-order chi connectivity index (χ0) is 13.8. The van der Waals surface area contributed by atoms with E-state index >= 15 is 0 Å². The van der Waals surface area contributed by atoms with Gasteiger partial charge in [-0.05, 0) is 6.92 Å². The van der Waals surface area contributed by atoms with Gasteiger partial charge in [-0.25, -0.2) is 9.78 Å². The molecule has 18 heavy (non-hydrogen) atoms. The molecule has 1 amide bonds. The van der Waals surface area contributed by atoms with Crippen molar-refractivity contribution in [1.29, 1.82) is 0 Å². The highest BCUT2D eigenvalue weighted by Crippen LogP contribution is 2.02. The first-order valence-corrected chi connectivity index (χ1v) is 5.32. The lowest BCUT2D eigenvalue weighted by Gasteiger charge is -2.17. The largest absolute Gasteiger partial charge is 0.479 e. The zero-order valence-corrected chi connectivity index (χ0v) is 9.96. The van der Waals surface area contributed by atoms with Crippen molar-refractivity contribution >= 4 is 11.9 Å². The number of nitrogens with one attached hydrogen (secondary N) is 1. The van der Waals surface area contributed by atoms with Crippen molar-refractivity contribution in [1.82, 2.24) is 14.9 Å². The van der Waals surface area contributed by atoms with E-state index < -0.39 is 24.0 Å². The van der Waals surface area contributed by atoms with E-state index in [2.05, 4.69) is 10.3 Å². The van der Waals surface area contributed by atoms with E-state index in [0.717, 1.165) is 6.92 Å². The molecular weight excluding hydrogens is 240 g/mol. The van der Waals surface area contributed by atoms with Crippen LogP contribution in [-0.4, -0.2) is 50.3 Å². The van der Waals surface area contributed by atoms with Crippen molar-refractivity contribution in [2.24, 2.45) is 5.73 Å². The minimum Gasteiger partial charge on any atom is -0.479 e. The van der Waals surface area contributed by atoms with Gasteiger partial charge in [-0.1, -0.05) is 0 Å². The maximum absolute atomic E-state index is 11.6. The number of carbonyl (C=O) groups is 2. The average Bonchev–Trinajstić information content (AvgIpc) is 2.75. The van der Waals surface area contributed by atoms with E-state index in [9.17, 15) is 14.7 Å². The maximum atomic E-state index is 11.6. The highest BCUT2D eigenvalue weighted by molar-refractivity contribution is 5.92. The summed E-state index contributed by atoms with van der Waals surface area (Å²) in [5.41, 5.74) is 3.49. The third kappa shape index (κ3) is 3.54. The molecule has 0 aliphatic carbocycles. The van der Waals surface area contributed by atoms with Crippen LogP contribution < -0.4 is 11.1 Å². The van der Waals surface area contributed by atoms with Gasteiger partial charge in [-0.2, -0.15) is 0 Å². The van der Waals surface area contributed by atoms with Crippen LogP contribution in [0.2, 0.25) is 0 Å². The Kier molecular flexibility index (Phi) is 4.40. The molecule has 0 bridgehead atoms. The van der Waals surface area contributed by atoms with E-state index in [1.807, 2.05) is 0 Å². The van der Waals surface area contributed by atoms with Crippen molar-refractivity contribution in [3.63, 3.8) is 0 Å². The molecule has 1 aromatic rings. The van der Waals surface area contributed by atoms with Gasteiger partial charge in [0, 0.05) is 19.3 Å². The summed E-state index contributed by atoms with van der Waals surface area (Å²) in [5.74, 6) is -1.95. The quantitative estimate of drug-likeness (QED) is 0.485. The number of aromatic nitrogens is 2. The number of hydrogen-bond acceptors (Lipinski definition) is 5. The van der Waals surface area contributed by atoms with E-state index in [1.54, 1.807) is 4.57 Å². The van der Waals surface area contributed by atoms with Crippen LogP contribution in [-0.2, 0) is 11.3 Å². The van der Waals surface area contributed by atoms with E-state index in [0.29, 0.717) is 13.1 Å². The van der Waals surface area contributed by atoms with Gasteiger partial charge in [0.15, 0.2) is 5.60 Å². The molecule has 100 valence electrons. The van der Waals surface area contributed by atoms with Gasteiger partial charge in [-0.15, -0.1) is 0 Å². The van der Waals surface area contributed by atoms with Crippen LogP contribution in [0.15, 0.2) is 12.5 Å². The molecule has 8 nitrogen and oxygen atoms in total. The molecule has 8 heteroatoms. The third-order valence-electron chi connectivity index (χ3n) is 2.31. The minimum atomic E-state index is -2.00. The number of imidazole rings is 1. The number of rotatable bonds is 6. The number of aliphatic carboxylic acids is 1. The molecule has 0 radical (unpaired) electrons. The molecule has 5 N–H and O–H groups in total. The van der Waals surface area contributed by atoms with Gasteiger partial charge < -0.3 is 25.8 Å². The Balaban J connectivity index is 2.57. The normalized spacial score (nSPS) is 13.9. The number of nitrogens with two attached hydrogens (primary N) is 1. The number of aliphatic hydroxyl groups is 1. The Morgan fingerprint density at radius 3 is 2.83 bits per heavy atom. The van der Waals surface area contributed by atoms with E-state index in [1.165, 1.54) is 12.5 Å². The van der Waals surface area contributed by atoms with Gasteiger partial charge in [0.05, 0.1) is 12.9 Å². The topological polar surface area (TPSA) is 130 Å². The number of hydrogen-bond donors (Lipinski definition) is 4. The van der Waals surface area contributed by atoms with E-state index in [-0.39, 0.29) is 5.69 Å². The molecular formula is C10H16N4O4. The second-order valence-electron chi connectivity index (χ2n) is 4.05. The van der Waals surface area contributed by atoms with Gasteiger partial charge in [-0.3, -0.25) is 4.79 Å². The Hall–Kier alpha value is -1.93. The summed E-state index contributed by atoms with van der Waals surface area (Å²) >= 11 is 0.